The van der Waals surface area contributed by atoms with Crippen LogP contribution >= 0.6 is 7.82 Å². The quantitative estimate of drug-likeness (QED) is 0.0165. The fourth-order valence-electron chi connectivity index (χ4n) is 4.81. The summed E-state index contributed by atoms with van der Waals surface area (Å²) in [6.07, 6.45) is 41.7. The monoisotopic (exact) mass is 734 g/mol. The van der Waals surface area contributed by atoms with Crippen molar-refractivity contribution in [1.29, 1.82) is 0 Å². The van der Waals surface area contributed by atoms with Crippen LogP contribution in [0.5, 0.6) is 0 Å². The molecule has 0 heterocycles. The Morgan fingerprint density at radius 2 is 1.12 bits per heavy atom. The number of hydrogen-bond donors (Lipinski definition) is 2. The predicted octanol–water partition coefficient (Wildman–Crippen LogP) is 10.7. The molecule has 0 aromatic carbocycles. The molecule has 0 aliphatic carbocycles. The number of rotatable bonds is 34. The number of allylic oxidation sites excluding steroid dienone is 12. The van der Waals surface area contributed by atoms with Crippen LogP contribution in [0.15, 0.2) is 72.9 Å². The van der Waals surface area contributed by atoms with Crippen LogP contribution in [0.25, 0.3) is 0 Å². The zero-order chi connectivity index (χ0) is 37.7. The lowest BCUT2D eigenvalue weighted by Gasteiger charge is -2.18. The van der Waals surface area contributed by atoms with E-state index in [1.807, 2.05) is 6.08 Å². The van der Waals surface area contributed by atoms with Gasteiger partial charge >= 0.3 is 19.8 Å². The van der Waals surface area contributed by atoms with Crippen molar-refractivity contribution in [3.63, 3.8) is 0 Å². The van der Waals surface area contributed by atoms with E-state index < -0.39 is 32.5 Å². The molecule has 0 bridgehead atoms. The summed E-state index contributed by atoms with van der Waals surface area (Å²) in [6, 6.07) is 0. The minimum atomic E-state index is -4.78. The van der Waals surface area contributed by atoms with E-state index in [2.05, 4.69) is 73.1 Å². The van der Waals surface area contributed by atoms with Crippen LogP contribution in [0.4, 0.5) is 0 Å². The summed E-state index contributed by atoms with van der Waals surface area (Å²) < 4.78 is 26.3. The Morgan fingerprint density at radius 1 is 0.588 bits per heavy atom. The van der Waals surface area contributed by atoms with E-state index in [4.69, 9.17) is 19.3 Å². The molecule has 0 aromatic rings. The normalized spacial score (nSPS) is 13.2. The first-order valence-corrected chi connectivity index (χ1v) is 20.7. The largest absolute Gasteiger partial charge is 0.469 e. The Kier molecular flexibility index (Phi) is 33.6. The summed E-state index contributed by atoms with van der Waals surface area (Å²) in [5.74, 6) is -0.815. The number of carbonyl (C=O) groups excluding carboxylic acids is 3. The van der Waals surface area contributed by atoms with Crippen LogP contribution in [-0.2, 0) is 32.9 Å². The maximum Gasteiger partial charge on any atom is 0.469 e. The molecule has 51 heavy (non-hydrogen) atoms. The molecule has 0 fully saturated rings. The molecule has 0 saturated heterocycles. The SMILES string of the molecule is CC/C=C\C/C=C\C/C=C\C/C=C\CCCCCCC(=O)OC[C@H](COP(=O)(O)O)OC(=O)CCCCCCC/C=C\C=C\C(=O)CCCCC. The van der Waals surface area contributed by atoms with Crippen LogP contribution in [-0.4, -0.2) is 46.8 Å². The maximum absolute atomic E-state index is 12.4. The van der Waals surface area contributed by atoms with E-state index in [1.165, 1.54) is 0 Å². The third kappa shape index (κ3) is 38.2. The van der Waals surface area contributed by atoms with Crippen molar-refractivity contribution in [2.24, 2.45) is 0 Å². The fraction of sp³-hybridized carbons (Fsp3) is 0.634. The average molecular weight is 735 g/mol. The highest BCUT2D eigenvalue weighted by Gasteiger charge is 2.22. The van der Waals surface area contributed by atoms with Crippen molar-refractivity contribution < 1.29 is 42.7 Å². The molecule has 0 radical (unpaired) electrons. The molecule has 0 aliphatic rings. The van der Waals surface area contributed by atoms with Crippen molar-refractivity contribution in [2.75, 3.05) is 13.2 Å². The van der Waals surface area contributed by atoms with E-state index in [-0.39, 0.29) is 25.2 Å². The summed E-state index contributed by atoms with van der Waals surface area (Å²) in [7, 11) is -4.78. The van der Waals surface area contributed by atoms with Crippen molar-refractivity contribution >= 4 is 25.5 Å². The molecular weight excluding hydrogens is 667 g/mol. The van der Waals surface area contributed by atoms with Crippen molar-refractivity contribution in [1.82, 2.24) is 0 Å². The number of unbranched alkanes of at least 4 members (excludes halogenated alkanes) is 11. The van der Waals surface area contributed by atoms with Crippen LogP contribution in [0.1, 0.15) is 149 Å². The molecule has 0 aliphatic heterocycles. The molecule has 290 valence electrons. The van der Waals surface area contributed by atoms with Crippen LogP contribution in [0.2, 0.25) is 0 Å². The first kappa shape index (κ1) is 48.2. The van der Waals surface area contributed by atoms with Gasteiger partial charge in [-0.2, -0.15) is 0 Å². The Hall–Kier alpha value is -2.84. The number of ketones is 1. The van der Waals surface area contributed by atoms with Crippen molar-refractivity contribution in [2.45, 2.75) is 155 Å². The highest BCUT2D eigenvalue weighted by Crippen LogP contribution is 2.36. The van der Waals surface area contributed by atoms with Gasteiger partial charge in [0.05, 0.1) is 6.61 Å². The maximum atomic E-state index is 12.4. The smallest absolute Gasteiger partial charge is 0.462 e. The summed E-state index contributed by atoms with van der Waals surface area (Å²) >= 11 is 0. The Balaban J connectivity index is 4.10. The molecule has 1 atom stereocenters. The van der Waals surface area contributed by atoms with Crippen LogP contribution < -0.4 is 0 Å². The van der Waals surface area contributed by atoms with Gasteiger partial charge in [0, 0.05) is 19.3 Å². The molecule has 0 saturated carbocycles. The molecule has 9 nitrogen and oxygen atoms in total. The third-order valence-electron chi connectivity index (χ3n) is 7.69. The molecular formula is C41H67O9P. The summed E-state index contributed by atoms with van der Waals surface area (Å²) in [6.45, 7) is 3.35. The second-order valence-corrected chi connectivity index (χ2v) is 13.8. The third-order valence-corrected chi connectivity index (χ3v) is 8.17. The standard InChI is InChI=1S/C41H67O9P/c1-3-5-7-8-9-10-11-12-13-14-15-16-17-20-23-26-30-34-40(43)48-36-39(37-49-51(45,46)47)50-41(44)35-31-27-24-21-18-19-22-25-29-33-38(42)32-28-6-4-2/h5,7,9-10,12-13,15-16,22,25,29,33,39H,3-4,6,8,11,14,17-21,23-24,26-28,30-32,34-37H2,1-2H3,(H2,45,46,47)/b7-5-,10-9-,13-12-,16-15-,25-22-,33-29+/t39-/m1/s1. The number of carbonyl (C=O) groups is 3. The lowest BCUT2D eigenvalue weighted by Crippen LogP contribution is -2.29. The van der Waals surface area contributed by atoms with Crippen molar-refractivity contribution in [3.8, 4) is 0 Å². The Labute approximate surface area is 308 Å². The minimum Gasteiger partial charge on any atom is -0.462 e. The van der Waals surface area contributed by atoms with E-state index in [0.29, 0.717) is 19.3 Å². The van der Waals surface area contributed by atoms with E-state index in [0.717, 1.165) is 103 Å². The average Bonchev–Trinajstić information content (AvgIpc) is 3.09. The number of ether oxygens (including phenoxy) is 2. The Bertz CT molecular complexity index is 1110. The van der Waals surface area contributed by atoms with Gasteiger partial charge in [0.25, 0.3) is 0 Å². The first-order chi connectivity index (χ1) is 24.7. The van der Waals surface area contributed by atoms with Crippen LogP contribution in [0, 0.1) is 0 Å². The van der Waals surface area contributed by atoms with Gasteiger partial charge in [-0.15, -0.1) is 0 Å². The lowest BCUT2D eigenvalue weighted by atomic mass is 10.1. The van der Waals surface area contributed by atoms with E-state index in [9.17, 15) is 18.9 Å². The second-order valence-electron chi connectivity index (χ2n) is 12.6. The van der Waals surface area contributed by atoms with E-state index >= 15 is 0 Å². The minimum absolute atomic E-state index is 0.151. The zero-order valence-electron chi connectivity index (χ0n) is 31.5. The number of phosphoric acid groups is 1. The second kappa shape index (κ2) is 35.6. The van der Waals surface area contributed by atoms with Gasteiger partial charge in [0.2, 0.25) is 0 Å². The number of phosphoric ester groups is 1. The van der Waals surface area contributed by atoms with Gasteiger partial charge in [-0.05, 0) is 76.7 Å². The van der Waals surface area contributed by atoms with Gasteiger partial charge in [-0.3, -0.25) is 18.9 Å². The zero-order valence-corrected chi connectivity index (χ0v) is 32.4. The summed E-state index contributed by atoms with van der Waals surface area (Å²) in [5, 5.41) is 0. The van der Waals surface area contributed by atoms with Gasteiger partial charge in [-0.1, -0.05) is 126 Å². The Morgan fingerprint density at radius 3 is 1.73 bits per heavy atom. The predicted molar refractivity (Wildman–Crippen MR) is 207 cm³/mol. The molecule has 0 unspecified atom stereocenters. The topological polar surface area (TPSA) is 136 Å². The van der Waals surface area contributed by atoms with E-state index in [1.54, 1.807) is 12.2 Å². The number of hydrogen-bond acceptors (Lipinski definition) is 7. The molecule has 0 spiro atoms. The first-order valence-electron chi connectivity index (χ1n) is 19.2. The molecule has 0 aromatic heterocycles. The highest BCUT2D eigenvalue weighted by molar-refractivity contribution is 7.46. The number of esters is 2. The lowest BCUT2D eigenvalue weighted by molar-refractivity contribution is -0.161. The van der Waals surface area contributed by atoms with Crippen molar-refractivity contribution in [3.05, 3.63) is 72.9 Å². The van der Waals surface area contributed by atoms with Gasteiger partial charge in [0.1, 0.15) is 6.61 Å². The summed E-state index contributed by atoms with van der Waals surface area (Å²) in [5.41, 5.74) is 0. The molecule has 0 amide bonds. The molecule has 2 N–H and O–H groups in total. The van der Waals surface area contributed by atoms with Gasteiger partial charge in [-0.25, -0.2) is 4.57 Å². The summed E-state index contributed by atoms with van der Waals surface area (Å²) in [4.78, 5) is 54.4. The van der Waals surface area contributed by atoms with Crippen LogP contribution in [0.3, 0.4) is 0 Å². The fourth-order valence-corrected chi connectivity index (χ4v) is 5.17. The molecule has 10 heteroatoms. The molecule has 0 rings (SSSR count). The van der Waals surface area contributed by atoms with Gasteiger partial charge in [0.15, 0.2) is 11.9 Å². The van der Waals surface area contributed by atoms with Gasteiger partial charge < -0.3 is 19.3 Å². The highest BCUT2D eigenvalue weighted by atomic mass is 31.2.